The topological polar surface area (TPSA) is 57.2 Å². The van der Waals surface area contributed by atoms with Crippen LogP contribution in [0.3, 0.4) is 0 Å². The SMILES string of the molecule is O=C1CN(c2ccccc2)CCOCCOCCOCCO1. The van der Waals surface area contributed by atoms with Crippen LogP contribution >= 0.6 is 0 Å². The summed E-state index contributed by atoms with van der Waals surface area (Å²) >= 11 is 0. The van der Waals surface area contributed by atoms with Crippen LogP contribution in [0.15, 0.2) is 30.3 Å². The maximum Gasteiger partial charge on any atom is 0.325 e. The van der Waals surface area contributed by atoms with Crippen molar-refractivity contribution in [3.8, 4) is 0 Å². The molecule has 0 bridgehead atoms. The number of carbonyl (C=O) groups excluding carboxylic acids is 1. The third-order valence-corrected chi connectivity index (χ3v) is 3.18. The fourth-order valence-corrected chi connectivity index (χ4v) is 2.07. The summed E-state index contributed by atoms with van der Waals surface area (Å²) < 4.78 is 21.4. The number of esters is 1. The number of cyclic esters (lactones) is 1. The Kier molecular flexibility index (Phi) is 7.73. The molecule has 1 heterocycles. The van der Waals surface area contributed by atoms with Crippen LogP contribution < -0.4 is 4.90 Å². The van der Waals surface area contributed by atoms with Crippen LogP contribution in [-0.2, 0) is 23.7 Å². The number of para-hydroxylation sites is 1. The van der Waals surface area contributed by atoms with Crippen molar-refractivity contribution < 1.29 is 23.7 Å². The Balaban J connectivity index is 1.92. The van der Waals surface area contributed by atoms with Crippen molar-refractivity contribution in [1.29, 1.82) is 0 Å². The summed E-state index contributed by atoms with van der Waals surface area (Å²) in [5.74, 6) is -0.265. The summed E-state index contributed by atoms with van der Waals surface area (Å²) in [6.45, 7) is 4.09. The number of hydrogen-bond acceptors (Lipinski definition) is 6. The van der Waals surface area contributed by atoms with E-state index in [9.17, 15) is 4.79 Å². The predicted octanol–water partition coefficient (Wildman–Crippen LogP) is 1.10. The first-order chi connectivity index (χ1) is 10.9. The first-order valence-corrected chi connectivity index (χ1v) is 7.55. The van der Waals surface area contributed by atoms with Gasteiger partial charge in [-0.05, 0) is 12.1 Å². The van der Waals surface area contributed by atoms with Gasteiger partial charge >= 0.3 is 5.97 Å². The minimum atomic E-state index is -0.265. The Labute approximate surface area is 130 Å². The summed E-state index contributed by atoms with van der Waals surface area (Å²) in [6, 6.07) is 9.76. The molecule has 0 aliphatic carbocycles. The molecule has 1 fully saturated rings. The van der Waals surface area contributed by atoms with Gasteiger partial charge in [0.1, 0.15) is 13.2 Å². The average Bonchev–Trinajstić information content (AvgIpc) is 2.55. The van der Waals surface area contributed by atoms with Crippen LogP contribution in [-0.4, -0.2) is 65.3 Å². The molecule has 6 nitrogen and oxygen atoms in total. The van der Waals surface area contributed by atoms with Gasteiger partial charge in [0.15, 0.2) is 0 Å². The predicted molar refractivity (Wildman–Crippen MR) is 82.1 cm³/mol. The Morgan fingerprint density at radius 3 is 2.05 bits per heavy atom. The number of hydrogen-bond donors (Lipinski definition) is 0. The van der Waals surface area contributed by atoms with E-state index in [2.05, 4.69) is 0 Å². The van der Waals surface area contributed by atoms with Crippen LogP contribution in [0, 0.1) is 0 Å². The van der Waals surface area contributed by atoms with Crippen LogP contribution in [0.4, 0.5) is 5.69 Å². The van der Waals surface area contributed by atoms with Crippen molar-refractivity contribution in [3.05, 3.63) is 30.3 Å². The van der Waals surface area contributed by atoms with Gasteiger partial charge in [0, 0.05) is 12.2 Å². The van der Waals surface area contributed by atoms with E-state index < -0.39 is 0 Å². The lowest BCUT2D eigenvalue weighted by atomic mass is 10.3. The Morgan fingerprint density at radius 1 is 0.773 bits per heavy atom. The van der Waals surface area contributed by atoms with Crippen molar-refractivity contribution in [2.45, 2.75) is 0 Å². The summed E-state index contributed by atoms with van der Waals surface area (Å²) in [6.07, 6.45) is 0. The highest BCUT2D eigenvalue weighted by Crippen LogP contribution is 2.12. The molecule has 1 aromatic carbocycles. The van der Waals surface area contributed by atoms with E-state index in [0.717, 1.165) is 5.69 Å². The van der Waals surface area contributed by atoms with Gasteiger partial charge in [0.25, 0.3) is 0 Å². The number of ether oxygens (including phenoxy) is 4. The molecule has 0 aromatic heterocycles. The number of rotatable bonds is 1. The molecule has 0 atom stereocenters. The molecule has 6 heteroatoms. The normalized spacial score (nSPS) is 19.8. The van der Waals surface area contributed by atoms with E-state index in [-0.39, 0.29) is 19.1 Å². The standard InChI is InChI=1S/C16H23NO5/c18-16-14-17(15-4-2-1-3-5-15)6-7-19-8-9-20-10-11-21-12-13-22-16/h1-5H,6-14H2. The van der Waals surface area contributed by atoms with Crippen LogP contribution in [0.5, 0.6) is 0 Å². The second-order valence-corrected chi connectivity index (χ2v) is 4.81. The van der Waals surface area contributed by atoms with Crippen molar-refractivity contribution in [3.63, 3.8) is 0 Å². The molecule has 0 saturated carbocycles. The summed E-state index contributed by atoms with van der Waals surface area (Å²) in [4.78, 5) is 13.9. The fourth-order valence-electron chi connectivity index (χ4n) is 2.07. The summed E-state index contributed by atoms with van der Waals surface area (Å²) in [5, 5.41) is 0. The largest absolute Gasteiger partial charge is 0.462 e. The highest BCUT2D eigenvalue weighted by atomic mass is 16.6. The molecule has 1 aliphatic rings. The number of nitrogens with zero attached hydrogens (tertiary/aromatic N) is 1. The fraction of sp³-hybridized carbons (Fsp3) is 0.562. The first-order valence-electron chi connectivity index (χ1n) is 7.55. The molecule has 22 heavy (non-hydrogen) atoms. The molecule has 0 unspecified atom stereocenters. The summed E-state index contributed by atoms with van der Waals surface area (Å²) in [7, 11) is 0. The maximum absolute atomic E-state index is 11.9. The first kappa shape index (κ1) is 16.7. The summed E-state index contributed by atoms with van der Waals surface area (Å²) in [5.41, 5.74) is 0.972. The smallest absolute Gasteiger partial charge is 0.325 e. The third kappa shape index (κ3) is 6.43. The molecule has 2 rings (SSSR count). The van der Waals surface area contributed by atoms with Crippen molar-refractivity contribution in [2.24, 2.45) is 0 Å². The molecule has 1 aromatic rings. The zero-order chi connectivity index (χ0) is 15.5. The molecule has 1 saturated heterocycles. The third-order valence-electron chi connectivity index (χ3n) is 3.18. The Hall–Kier alpha value is -1.63. The van der Waals surface area contributed by atoms with E-state index in [1.165, 1.54) is 0 Å². The van der Waals surface area contributed by atoms with Crippen molar-refractivity contribution in [2.75, 3.05) is 64.2 Å². The highest BCUT2D eigenvalue weighted by molar-refractivity contribution is 5.75. The number of anilines is 1. The molecule has 0 amide bonds. The second kappa shape index (κ2) is 10.2. The Morgan fingerprint density at radius 2 is 1.36 bits per heavy atom. The van der Waals surface area contributed by atoms with E-state index in [1.807, 2.05) is 35.2 Å². The van der Waals surface area contributed by atoms with Crippen LogP contribution in [0.1, 0.15) is 0 Å². The van der Waals surface area contributed by atoms with Gasteiger partial charge in [-0.1, -0.05) is 18.2 Å². The van der Waals surface area contributed by atoms with Gasteiger partial charge in [0.05, 0.1) is 39.6 Å². The molecule has 0 spiro atoms. The van der Waals surface area contributed by atoms with Gasteiger partial charge in [-0.2, -0.15) is 0 Å². The molecular weight excluding hydrogens is 286 g/mol. The second-order valence-electron chi connectivity index (χ2n) is 4.81. The monoisotopic (exact) mass is 309 g/mol. The Bertz CT molecular complexity index is 426. The zero-order valence-electron chi connectivity index (χ0n) is 12.7. The van der Waals surface area contributed by atoms with Gasteiger partial charge in [-0.25, -0.2) is 0 Å². The van der Waals surface area contributed by atoms with Crippen LogP contribution in [0.2, 0.25) is 0 Å². The van der Waals surface area contributed by atoms with E-state index in [0.29, 0.717) is 46.2 Å². The van der Waals surface area contributed by atoms with Gasteiger partial charge in [-0.3, -0.25) is 4.79 Å². The molecule has 1 aliphatic heterocycles. The van der Waals surface area contributed by atoms with E-state index >= 15 is 0 Å². The van der Waals surface area contributed by atoms with Gasteiger partial charge < -0.3 is 23.8 Å². The minimum Gasteiger partial charge on any atom is -0.462 e. The molecule has 0 N–H and O–H groups in total. The molecular formula is C16H23NO5. The van der Waals surface area contributed by atoms with Crippen molar-refractivity contribution >= 4 is 11.7 Å². The van der Waals surface area contributed by atoms with Crippen molar-refractivity contribution in [1.82, 2.24) is 0 Å². The molecule has 122 valence electrons. The van der Waals surface area contributed by atoms with E-state index in [4.69, 9.17) is 18.9 Å². The zero-order valence-corrected chi connectivity index (χ0v) is 12.7. The average molecular weight is 309 g/mol. The lowest BCUT2D eigenvalue weighted by Gasteiger charge is -2.23. The quantitative estimate of drug-likeness (QED) is 0.724. The highest BCUT2D eigenvalue weighted by Gasteiger charge is 2.12. The van der Waals surface area contributed by atoms with Gasteiger partial charge in [0.2, 0.25) is 0 Å². The number of benzene rings is 1. The minimum absolute atomic E-state index is 0.198. The van der Waals surface area contributed by atoms with Gasteiger partial charge in [-0.15, -0.1) is 0 Å². The number of carbonyl (C=O) groups is 1. The van der Waals surface area contributed by atoms with E-state index in [1.54, 1.807) is 0 Å². The molecule has 0 radical (unpaired) electrons. The van der Waals surface area contributed by atoms with Crippen LogP contribution in [0.25, 0.3) is 0 Å². The lowest BCUT2D eigenvalue weighted by molar-refractivity contribution is -0.143. The maximum atomic E-state index is 11.9. The lowest BCUT2D eigenvalue weighted by Crippen LogP contribution is -2.34.